The van der Waals surface area contributed by atoms with Gasteiger partial charge in [-0.15, -0.1) is 0 Å². The van der Waals surface area contributed by atoms with Crippen molar-refractivity contribution in [3.8, 4) is 0 Å². The molecule has 2 rings (SSSR count). The van der Waals surface area contributed by atoms with Crippen molar-refractivity contribution < 1.29 is 24.6 Å². The van der Waals surface area contributed by atoms with Gasteiger partial charge in [0, 0.05) is 15.6 Å². The number of amides is 1. The van der Waals surface area contributed by atoms with Crippen LogP contribution < -0.4 is 0 Å². The number of carboxylic acid groups (broad SMARTS) is 2. The summed E-state index contributed by atoms with van der Waals surface area (Å²) in [7, 11) is 0. The third kappa shape index (κ3) is 3.89. The number of hydrogen-bond donors (Lipinski definition) is 2. The van der Waals surface area contributed by atoms with Gasteiger partial charge in [0.2, 0.25) is 0 Å². The Labute approximate surface area is 156 Å². The van der Waals surface area contributed by atoms with Gasteiger partial charge in [-0.2, -0.15) is 0 Å². The summed E-state index contributed by atoms with van der Waals surface area (Å²) in [5.41, 5.74) is 0.395. The van der Waals surface area contributed by atoms with Gasteiger partial charge in [-0.25, -0.2) is 4.79 Å². The lowest BCUT2D eigenvalue weighted by atomic mass is 10.1. The smallest absolute Gasteiger partial charge is 0.327 e. The Balaban J connectivity index is 2.39. The largest absolute Gasteiger partial charge is 0.481 e. The highest BCUT2D eigenvalue weighted by atomic mass is 35.5. The normalized spacial score (nSPS) is 17.4. The van der Waals surface area contributed by atoms with Crippen LogP contribution in [0.5, 0.6) is 0 Å². The van der Waals surface area contributed by atoms with E-state index in [0.717, 1.165) is 16.7 Å². The van der Waals surface area contributed by atoms with Crippen LogP contribution in [0.3, 0.4) is 0 Å². The van der Waals surface area contributed by atoms with E-state index in [4.69, 9.17) is 40.5 Å². The Bertz CT molecular complexity index is 760. The highest BCUT2D eigenvalue weighted by molar-refractivity contribution is 8.26. The molecule has 1 aromatic rings. The minimum Gasteiger partial charge on any atom is -0.481 e. The van der Waals surface area contributed by atoms with E-state index in [2.05, 4.69) is 0 Å². The average molecular weight is 406 g/mol. The standard InChI is InChI=1S/C14H9Cl2NO5S2/c15-7-2-1-3-8(16)6(7)4-10-12(20)17(14(23)24-10)9(13(21)22)5-11(18)19/h1-4,9H,5H2,(H,18,19)(H,21,22)/b10-4+/t9-/m0/s1. The van der Waals surface area contributed by atoms with Crippen LogP contribution in [-0.4, -0.2) is 43.3 Å². The summed E-state index contributed by atoms with van der Waals surface area (Å²) in [4.78, 5) is 35.5. The first-order valence-electron chi connectivity index (χ1n) is 6.38. The molecule has 1 fully saturated rings. The molecule has 10 heteroatoms. The molecular formula is C14H9Cl2NO5S2. The molecule has 0 aromatic heterocycles. The van der Waals surface area contributed by atoms with Crippen LogP contribution in [0.2, 0.25) is 10.0 Å². The number of aliphatic carboxylic acids is 2. The van der Waals surface area contributed by atoms with E-state index in [1.807, 2.05) is 0 Å². The lowest BCUT2D eigenvalue weighted by Gasteiger charge is -2.21. The molecule has 2 N–H and O–H groups in total. The van der Waals surface area contributed by atoms with Gasteiger partial charge in [-0.3, -0.25) is 14.5 Å². The number of carboxylic acids is 2. The molecule has 6 nitrogen and oxygen atoms in total. The highest BCUT2D eigenvalue weighted by Crippen LogP contribution is 2.37. The summed E-state index contributed by atoms with van der Waals surface area (Å²) >= 11 is 18.0. The van der Waals surface area contributed by atoms with E-state index < -0.39 is 30.3 Å². The Kier molecular flexibility index (Phi) is 5.87. The van der Waals surface area contributed by atoms with Gasteiger partial charge < -0.3 is 10.2 Å². The fourth-order valence-corrected chi connectivity index (χ4v) is 3.83. The second-order valence-corrected chi connectivity index (χ2v) is 7.13. The fourth-order valence-electron chi connectivity index (χ4n) is 1.98. The Morgan fingerprint density at radius 3 is 2.38 bits per heavy atom. The maximum Gasteiger partial charge on any atom is 0.327 e. The molecule has 1 heterocycles. The zero-order valence-electron chi connectivity index (χ0n) is 11.7. The van der Waals surface area contributed by atoms with E-state index >= 15 is 0 Å². The van der Waals surface area contributed by atoms with Crippen molar-refractivity contribution in [2.45, 2.75) is 12.5 Å². The van der Waals surface area contributed by atoms with E-state index in [0.29, 0.717) is 15.6 Å². The molecule has 1 atom stereocenters. The predicted molar refractivity (Wildman–Crippen MR) is 95.2 cm³/mol. The van der Waals surface area contributed by atoms with E-state index in [1.54, 1.807) is 18.2 Å². The van der Waals surface area contributed by atoms with Crippen molar-refractivity contribution in [2.75, 3.05) is 0 Å². The molecule has 126 valence electrons. The molecular weight excluding hydrogens is 397 g/mol. The quantitative estimate of drug-likeness (QED) is 0.573. The number of carbonyl (C=O) groups is 3. The topological polar surface area (TPSA) is 94.9 Å². The number of carbonyl (C=O) groups excluding carboxylic acids is 1. The van der Waals surface area contributed by atoms with Crippen LogP contribution in [0.15, 0.2) is 23.1 Å². The van der Waals surface area contributed by atoms with Crippen molar-refractivity contribution in [3.63, 3.8) is 0 Å². The van der Waals surface area contributed by atoms with Crippen LogP contribution >= 0.6 is 47.2 Å². The number of thiocarbonyl (C=S) groups is 1. The van der Waals surface area contributed by atoms with Gasteiger partial charge in [0.25, 0.3) is 5.91 Å². The lowest BCUT2D eigenvalue weighted by Crippen LogP contribution is -2.45. The first-order chi connectivity index (χ1) is 11.2. The summed E-state index contributed by atoms with van der Waals surface area (Å²) in [5, 5.41) is 18.7. The molecule has 0 aliphatic carbocycles. The van der Waals surface area contributed by atoms with Crippen LogP contribution in [0.4, 0.5) is 0 Å². The Morgan fingerprint density at radius 1 is 1.29 bits per heavy atom. The van der Waals surface area contributed by atoms with Crippen molar-refractivity contribution in [2.24, 2.45) is 0 Å². The van der Waals surface area contributed by atoms with Crippen molar-refractivity contribution in [1.82, 2.24) is 4.90 Å². The van der Waals surface area contributed by atoms with Gasteiger partial charge in [0.05, 0.1) is 11.3 Å². The molecule has 1 saturated heterocycles. The van der Waals surface area contributed by atoms with Gasteiger partial charge in [0.1, 0.15) is 10.4 Å². The molecule has 24 heavy (non-hydrogen) atoms. The summed E-state index contributed by atoms with van der Waals surface area (Å²) in [6.45, 7) is 0. The molecule has 0 spiro atoms. The fraction of sp³-hybridized carbons (Fsp3) is 0.143. The van der Waals surface area contributed by atoms with Crippen LogP contribution in [-0.2, 0) is 14.4 Å². The van der Waals surface area contributed by atoms with E-state index in [9.17, 15) is 19.5 Å². The Hall–Kier alpha value is -1.61. The Morgan fingerprint density at radius 2 is 1.88 bits per heavy atom. The SMILES string of the molecule is O=C(O)C[C@@H](C(=O)O)N1C(=O)/C(=C\c2c(Cl)cccc2Cl)SC1=S. The van der Waals surface area contributed by atoms with Gasteiger partial charge in [-0.1, -0.05) is 53.2 Å². The minimum absolute atomic E-state index is 0.0388. The maximum atomic E-state index is 12.5. The summed E-state index contributed by atoms with van der Waals surface area (Å²) in [6, 6.07) is 3.23. The van der Waals surface area contributed by atoms with Crippen molar-refractivity contribution in [3.05, 3.63) is 38.7 Å². The predicted octanol–water partition coefficient (Wildman–Crippen LogP) is 3.12. The third-order valence-corrected chi connectivity index (χ3v) is 5.05. The second-order valence-electron chi connectivity index (χ2n) is 4.64. The van der Waals surface area contributed by atoms with Crippen molar-refractivity contribution >= 4 is 75.4 Å². The third-order valence-electron chi connectivity index (χ3n) is 3.06. The van der Waals surface area contributed by atoms with Gasteiger partial charge >= 0.3 is 11.9 Å². The molecule has 1 aliphatic heterocycles. The molecule has 0 saturated carbocycles. The summed E-state index contributed by atoms with van der Waals surface area (Å²) in [5.74, 6) is -3.50. The molecule has 1 amide bonds. The zero-order valence-corrected chi connectivity index (χ0v) is 14.9. The highest BCUT2D eigenvalue weighted by Gasteiger charge is 2.41. The molecule has 0 radical (unpaired) electrons. The second kappa shape index (κ2) is 7.52. The van der Waals surface area contributed by atoms with E-state index in [-0.39, 0.29) is 9.23 Å². The lowest BCUT2D eigenvalue weighted by molar-refractivity contribution is -0.150. The first kappa shape index (κ1) is 18.7. The average Bonchev–Trinajstić information content (AvgIpc) is 2.75. The zero-order chi connectivity index (χ0) is 18.0. The summed E-state index contributed by atoms with van der Waals surface area (Å²) < 4.78 is -0.0388. The van der Waals surface area contributed by atoms with Gasteiger partial charge in [-0.05, 0) is 18.2 Å². The van der Waals surface area contributed by atoms with Crippen molar-refractivity contribution in [1.29, 1.82) is 0 Å². The van der Waals surface area contributed by atoms with Gasteiger partial charge in [0.15, 0.2) is 0 Å². The molecule has 0 unspecified atom stereocenters. The number of nitrogens with zero attached hydrogens (tertiary/aromatic N) is 1. The molecule has 1 aliphatic rings. The van der Waals surface area contributed by atoms with Crippen LogP contribution in [0, 0.1) is 0 Å². The number of halogens is 2. The monoisotopic (exact) mass is 405 g/mol. The minimum atomic E-state index is -1.58. The van der Waals surface area contributed by atoms with Crippen LogP contribution in [0.25, 0.3) is 6.08 Å². The molecule has 1 aromatic carbocycles. The number of thioether (sulfide) groups is 1. The van der Waals surface area contributed by atoms with Crippen LogP contribution in [0.1, 0.15) is 12.0 Å². The summed E-state index contributed by atoms with van der Waals surface area (Å²) in [6.07, 6.45) is 0.644. The number of benzene rings is 1. The first-order valence-corrected chi connectivity index (χ1v) is 8.36. The van der Waals surface area contributed by atoms with E-state index in [1.165, 1.54) is 6.08 Å². The maximum absolute atomic E-state index is 12.5. The molecule has 0 bridgehead atoms. The number of rotatable bonds is 5. The number of hydrogen-bond acceptors (Lipinski definition) is 5.